The van der Waals surface area contributed by atoms with Crippen LogP contribution in [0.5, 0.6) is 0 Å². The van der Waals surface area contributed by atoms with E-state index >= 15 is 0 Å². The highest BCUT2D eigenvalue weighted by Crippen LogP contribution is 2.29. The van der Waals surface area contributed by atoms with Crippen LogP contribution in [0.2, 0.25) is 0 Å². The lowest BCUT2D eigenvalue weighted by atomic mass is 9.93. The van der Waals surface area contributed by atoms with Crippen LogP contribution in [0.25, 0.3) is 0 Å². The molecule has 2 aromatic rings. The molecule has 0 aliphatic heterocycles. The van der Waals surface area contributed by atoms with E-state index < -0.39 is 11.7 Å². The zero-order valence-corrected chi connectivity index (χ0v) is 17.5. The van der Waals surface area contributed by atoms with Crippen molar-refractivity contribution in [3.05, 3.63) is 35.4 Å². The Morgan fingerprint density at radius 2 is 1.68 bits per heavy atom. The molecular formula is C21H29F3N6O. The zero-order valence-electron chi connectivity index (χ0n) is 17.5. The number of nitrogens with zero attached hydrogens (tertiary/aromatic N) is 3. The number of hydrogen-bond acceptors (Lipinski definition) is 7. The molecule has 1 aromatic heterocycles. The van der Waals surface area contributed by atoms with Gasteiger partial charge in [0.05, 0.1) is 11.7 Å². The summed E-state index contributed by atoms with van der Waals surface area (Å²) in [5, 5.41) is 19.2. The van der Waals surface area contributed by atoms with Gasteiger partial charge in [0.2, 0.25) is 17.8 Å². The van der Waals surface area contributed by atoms with Gasteiger partial charge in [0.1, 0.15) is 0 Å². The van der Waals surface area contributed by atoms with E-state index in [1.165, 1.54) is 6.07 Å². The molecule has 1 aliphatic carbocycles. The van der Waals surface area contributed by atoms with Crippen LogP contribution < -0.4 is 16.0 Å². The first-order valence-corrected chi connectivity index (χ1v) is 10.7. The highest BCUT2D eigenvalue weighted by Gasteiger charge is 2.30. The molecule has 1 heterocycles. The maximum absolute atomic E-state index is 12.9. The Bertz CT molecular complexity index is 840. The fraction of sp³-hybridized carbons (Fsp3) is 0.571. The average molecular weight is 438 g/mol. The molecular weight excluding hydrogens is 409 g/mol. The normalized spacial score (nSPS) is 19.1. The van der Waals surface area contributed by atoms with Crippen molar-refractivity contribution < 1.29 is 18.3 Å². The maximum Gasteiger partial charge on any atom is 0.416 e. The summed E-state index contributed by atoms with van der Waals surface area (Å²) in [6.45, 7) is 2.95. The summed E-state index contributed by atoms with van der Waals surface area (Å²) in [4.78, 5) is 13.2. The Labute approximate surface area is 179 Å². The molecule has 1 saturated carbocycles. The number of nitrogens with one attached hydrogen (secondary N) is 3. The SMILES string of the molecule is CCCCNc1nc(NCc2cccc(C(F)(F)F)c2)nc(NC2CCC(O)CC2)n1. The summed E-state index contributed by atoms with van der Waals surface area (Å²) in [6.07, 6.45) is 0.431. The predicted octanol–water partition coefficient (Wildman–Crippen LogP) is 4.43. The molecule has 170 valence electrons. The smallest absolute Gasteiger partial charge is 0.393 e. The van der Waals surface area contributed by atoms with Gasteiger partial charge in [-0.15, -0.1) is 0 Å². The van der Waals surface area contributed by atoms with Gasteiger partial charge < -0.3 is 21.1 Å². The molecule has 0 saturated heterocycles. The Balaban J connectivity index is 1.71. The summed E-state index contributed by atoms with van der Waals surface area (Å²) >= 11 is 0. The van der Waals surface area contributed by atoms with Crippen LogP contribution in [0.1, 0.15) is 56.6 Å². The first kappa shape index (κ1) is 23.1. The molecule has 3 rings (SSSR count). The van der Waals surface area contributed by atoms with E-state index in [0.29, 0.717) is 24.0 Å². The Hall–Kier alpha value is -2.62. The lowest BCUT2D eigenvalue weighted by Gasteiger charge is -2.26. The predicted molar refractivity (Wildman–Crippen MR) is 114 cm³/mol. The summed E-state index contributed by atoms with van der Waals surface area (Å²) < 4.78 is 38.8. The van der Waals surface area contributed by atoms with Crippen LogP contribution in [0.3, 0.4) is 0 Å². The number of aliphatic hydroxyl groups excluding tert-OH is 1. The second-order valence-corrected chi connectivity index (χ2v) is 7.79. The first-order chi connectivity index (χ1) is 14.8. The van der Waals surface area contributed by atoms with Gasteiger partial charge in [-0.05, 0) is 49.8 Å². The number of aliphatic hydroxyl groups is 1. The third-order valence-corrected chi connectivity index (χ3v) is 5.18. The Kier molecular flexibility index (Phi) is 7.89. The molecule has 31 heavy (non-hydrogen) atoms. The lowest BCUT2D eigenvalue weighted by molar-refractivity contribution is -0.137. The van der Waals surface area contributed by atoms with Crippen LogP contribution in [-0.4, -0.2) is 38.7 Å². The molecule has 1 aromatic carbocycles. The molecule has 1 fully saturated rings. The molecule has 0 bridgehead atoms. The first-order valence-electron chi connectivity index (χ1n) is 10.7. The van der Waals surface area contributed by atoms with Gasteiger partial charge in [-0.1, -0.05) is 25.5 Å². The second kappa shape index (κ2) is 10.6. The number of benzene rings is 1. The van der Waals surface area contributed by atoms with Crippen molar-refractivity contribution in [1.29, 1.82) is 0 Å². The van der Waals surface area contributed by atoms with Crippen molar-refractivity contribution in [2.75, 3.05) is 22.5 Å². The van der Waals surface area contributed by atoms with E-state index in [0.717, 1.165) is 50.7 Å². The van der Waals surface area contributed by atoms with E-state index in [1.54, 1.807) is 6.07 Å². The lowest BCUT2D eigenvalue weighted by Crippen LogP contribution is -2.29. The minimum absolute atomic E-state index is 0.150. The molecule has 10 heteroatoms. The summed E-state index contributed by atoms with van der Waals surface area (Å²) in [6, 6.07) is 5.32. The number of hydrogen-bond donors (Lipinski definition) is 4. The highest BCUT2D eigenvalue weighted by molar-refractivity contribution is 5.43. The number of halogens is 3. The van der Waals surface area contributed by atoms with Crippen molar-refractivity contribution in [1.82, 2.24) is 15.0 Å². The van der Waals surface area contributed by atoms with Crippen molar-refractivity contribution in [3.63, 3.8) is 0 Å². The summed E-state index contributed by atoms with van der Waals surface area (Å²) in [7, 11) is 0. The van der Waals surface area contributed by atoms with Gasteiger partial charge in [0.15, 0.2) is 0 Å². The van der Waals surface area contributed by atoms with Crippen molar-refractivity contribution in [3.8, 4) is 0 Å². The fourth-order valence-corrected chi connectivity index (χ4v) is 3.42. The molecule has 0 radical (unpaired) electrons. The third kappa shape index (κ3) is 7.23. The van der Waals surface area contributed by atoms with Crippen LogP contribution >= 0.6 is 0 Å². The summed E-state index contributed by atoms with van der Waals surface area (Å²) in [5.74, 6) is 1.10. The largest absolute Gasteiger partial charge is 0.416 e. The van der Waals surface area contributed by atoms with Gasteiger partial charge in [-0.3, -0.25) is 0 Å². The number of aromatic nitrogens is 3. The highest BCUT2D eigenvalue weighted by atomic mass is 19.4. The second-order valence-electron chi connectivity index (χ2n) is 7.79. The minimum atomic E-state index is -4.38. The molecule has 0 atom stereocenters. The van der Waals surface area contributed by atoms with Gasteiger partial charge in [0.25, 0.3) is 0 Å². The quantitative estimate of drug-likeness (QED) is 0.430. The van der Waals surface area contributed by atoms with Crippen LogP contribution in [0.15, 0.2) is 24.3 Å². The topological polar surface area (TPSA) is 95.0 Å². The number of alkyl halides is 3. The van der Waals surface area contributed by atoms with E-state index in [2.05, 4.69) is 37.8 Å². The third-order valence-electron chi connectivity index (χ3n) is 5.18. The summed E-state index contributed by atoms with van der Waals surface area (Å²) in [5.41, 5.74) is -0.210. The average Bonchev–Trinajstić information content (AvgIpc) is 2.74. The molecule has 0 spiro atoms. The van der Waals surface area contributed by atoms with Gasteiger partial charge in [0, 0.05) is 19.1 Å². The Morgan fingerprint density at radius 3 is 2.35 bits per heavy atom. The van der Waals surface area contributed by atoms with Crippen molar-refractivity contribution in [2.45, 2.75) is 70.3 Å². The van der Waals surface area contributed by atoms with Crippen molar-refractivity contribution in [2.24, 2.45) is 0 Å². The molecule has 4 N–H and O–H groups in total. The van der Waals surface area contributed by atoms with Crippen LogP contribution in [-0.2, 0) is 12.7 Å². The number of unbranched alkanes of at least 4 members (excludes halogenated alkanes) is 1. The van der Waals surface area contributed by atoms with E-state index in [-0.39, 0.29) is 24.6 Å². The van der Waals surface area contributed by atoms with Gasteiger partial charge in [-0.2, -0.15) is 28.1 Å². The standard InChI is InChI=1S/C21H29F3N6O/c1-2-3-11-25-18-28-19(26-13-14-5-4-6-15(12-14)21(22,23)24)30-20(29-18)27-16-7-9-17(31)10-8-16/h4-6,12,16-17,31H,2-3,7-11,13H2,1H3,(H3,25,26,27,28,29,30). The van der Waals surface area contributed by atoms with Crippen LogP contribution in [0, 0.1) is 0 Å². The monoisotopic (exact) mass is 438 g/mol. The Morgan fingerprint density at radius 1 is 1.00 bits per heavy atom. The van der Waals surface area contributed by atoms with E-state index in [9.17, 15) is 18.3 Å². The van der Waals surface area contributed by atoms with E-state index in [4.69, 9.17) is 0 Å². The van der Waals surface area contributed by atoms with Crippen molar-refractivity contribution >= 4 is 17.8 Å². The number of anilines is 3. The fourth-order valence-electron chi connectivity index (χ4n) is 3.42. The molecule has 0 unspecified atom stereocenters. The van der Waals surface area contributed by atoms with E-state index in [1.807, 2.05) is 0 Å². The van der Waals surface area contributed by atoms with Gasteiger partial charge >= 0.3 is 6.18 Å². The minimum Gasteiger partial charge on any atom is -0.393 e. The number of rotatable bonds is 9. The maximum atomic E-state index is 12.9. The zero-order chi connectivity index (χ0) is 22.3. The van der Waals surface area contributed by atoms with Crippen LogP contribution in [0.4, 0.5) is 31.0 Å². The van der Waals surface area contributed by atoms with Gasteiger partial charge in [-0.25, -0.2) is 0 Å². The molecule has 1 aliphatic rings. The molecule has 7 nitrogen and oxygen atoms in total. The molecule has 0 amide bonds.